The van der Waals surface area contributed by atoms with Crippen molar-refractivity contribution < 1.29 is 42.7 Å². The van der Waals surface area contributed by atoms with E-state index in [0.29, 0.717) is 98.9 Å². The molecular formula is C40H80O9. The first kappa shape index (κ1) is 48.2. The maximum absolute atomic E-state index is 11.9. The Labute approximate surface area is 302 Å². The lowest BCUT2D eigenvalue weighted by Crippen LogP contribution is -2.15. The molecule has 0 atom stereocenters. The fraction of sp³-hybridized carbons (Fsp3) is 0.975. The van der Waals surface area contributed by atoms with Crippen LogP contribution in [-0.2, 0) is 42.7 Å². The highest BCUT2D eigenvalue weighted by Gasteiger charge is 2.03. The molecule has 0 aromatic carbocycles. The molecule has 0 spiro atoms. The van der Waals surface area contributed by atoms with Crippen molar-refractivity contribution in [2.45, 2.75) is 155 Å². The van der Waals surface area contributed by atoms with Gasteiger partial charge in [-0.3, -0.25) is 4.79 Å². The minimum absolute atomic E-state index is 0.123. The second-order valence-electron chi connectivity index (χ2n) is 13.0. The smallest absolute Gasteiger partial charge is 0.305 e. The van der Waals surface area contributed by atoms with Crippen LogP contribution in [0.15, 0.2) is 0 Å². The number of carbonyl (C=O) groups is 1. The van der Waals surface area contributed by atoms with E-state index >= 15 is 0 Å². The van der Waals surface area contributed by atoms with Crippen molar-refractivity contribution >= 4 is 5.97 Å². The van der Waals surface area contributed by atoms with Crippen molar-refractivity contribution in [1.82, 2.24) is 0 Å². The van der Waals surface area contributed by atoms with Crippen LogP contribution in [-0.4, -0.2) is 105 Å². The van der Waals surface area contributed by atoms with Gasteiger partial charge >= 0.3 is 5.97 Å². The van der Waals surface area contributed by atoms with E-state index in [-0.39, 0.29) is 5.97 Å². The Morgan fingerprint density at radius 2 is 0.531 bits per heavy atom. The number of esters is 1. The van der Waals surface area contributed by atoms with E-state index in [0.717, 1.165) is 25.9 Å². The molecule has 9 heteroatoms. The molecule has 0 saturated heterocycles. The van der Waals surface area contributed by atoms with Crippen LogP contribution in [0.3, 0.4) is 0 Å². The Balaban J connectivity index is 3.12. The zero-order valence-corrected chi connectivity index (χ0v) is 32.3. The summed E-state index contributed by atoms with van der Waals surface area (Å²) < 4.78 is 43.9. The van der Waals surface area contributed by atoms with Gasteiger partial charge < -0.3 is 37.9 Å². The Hall–Kier alpha value is -0.810. The summed E-state index contributed by atoms with van der Waals surface area (Å²) in [6.07, 6.45) is 28.0. The lowest BCUT2D eigenvalue weighted by atomic mass is 10.0. The fourth-order valence-electron chi connectivity index (χ4n) is 5.33. The maximum Gasteiger partial charge on any atom is 0.305 e. The van der Waals surface area contributed by atoms with Crippen molar-refractivity contribution in [1.29, 1.82) is 0 Å². The lowest BCUT2D eigenvalue weighted by molar-refractivity contribution is -0.145. The average Bonchev–Trinajstić information content (AvgIpc) is 3.11. The van der Waals surface area contributed by atoms with Crippen LogP contribution >= 0.6 is 0 Å². The third-order valence-electron chi connectivity index (χ3n) is 8.35. The lowest BCUT2D eigenvalue weighted by Gasteiger charge is -2.09. The number of carbonyl (C=O) groups excluding carboxylic acids is 1. The molecule has 0 aromatic rings. The standard InChI is InChI=1S/C40H80O9/c1-3-5-7-9-11-13-14-15-16-17-18-20-22-24-40(41)49-39-38-48-37-36-47-35-34-46-33-32-45-31-30-44-29-28-43-27-26-42-25-23-21-19-12-10-8-6-4-2/h3-39H2,1-2H3. The quantitative estimate of drug-likeness (QED) is 0.0455. The van der Waals surface area contributed by atoms with E-state index in [1.54, 1.807) is 0 Å². The first-order valence-electron chi connectivity index (χ1n) is 20.5. The van der Waals surface area contributed by atoms with Gasteiger partial charge in [-0.15, -0.1) is 0 Å². The van der Waals surface area contributed by atoms with Crippen LogP contribution in [0.2, 0.25) is 0 Å². The van der Waals surface area contributed by atoms with Crippen LogP contribution in [0.4, 0.5) is 0 Å². The van der Waals surface area contributed by atoms with Gasteiger partial charge in [0.05, 0.1) is 85.9 Å². The minimum Gasteiger partial charge on any atom is -0.463 e. The first-order valence-corrected chi connectivity index (χ1v) is 20.5. The van der Waals surface area contributed by atoms with Gasteiger partial charge in [0.1, 0.15) is 6.61 Å². The molecule has 0 fully saturated rings. The predicted molar refractivity (Wildman–Crippen MR) is 200 cm³/mol. The maximum atomic E-state index is 11.9. The molecule has 294 valence electrons. The highest BCUT2D eigenvalue weighted by molar-refractivity contribution is 5.69. The third-order valence-corrected chi connectivity index (χ3v) is 8.35. The van der Waals surface area contributed by atoms with E-state index in [2.05, 4.69) is 13.8 Å². The van der Waals surface area contributed by atoms with Crippen molar-refractivity contribution in [3.8, 4) is 0 Å². The molecule has 0 aliphatic rings. The van der Waals surface area contributed by atoms with E-state index in [9.17, 15) is 4.79 Å². The molecule has 0 saturated carbocycles. The summed E-state index contributed by atoms with van der Waals surface area (Å²) >= 11 is 0. The van der Waals surface area contributed by atoms with E-state index < -0.39 is 0 Å². The summed E-state index contributed by atoms with van der Waals surface area (Å²) in [6, 6.07) is 0. The van der Waals surface area contributed by atoms with Crippen molar-refractivity contribution in [3.63, 3.8) is 0 Å². The summed E-state index contributed by atoms with van der Waals surface area (Å²) in [5, 5.41) is 0. The van der Waals surface area contributed by atoms with E-state index in [1.165, 1.54) is 116 Å². The van der Waals surface area contributed by atoms with Crippen LogP contribution in [0.5, 0.6) is 0 Å². The SMILES string of the molecule is CCCCCCCCCCCCCCCC(=O)OCCOCCOCCOCCOCCOCCOCCOCCCCCCCCCC. The molecule has 0 rings (SSSR count). The molecule has 0 amide bonds. The zero-order chi connectivity index (χ0) is 35.4. The largest absolute Gasteiger partial charge is 0.463 e. The topological polar surface area (TPSA) is 90.9 Å². The number of ether oxygens (including phenoxy) is 8. The normalized spacial score (nSPS) is 11.5. The zero-order valence-electron chi connectivity index (χ0n) is 32.3. The molecule has 49 heavy (non-hydrogen) atoms. The van der Waals surface area contributed by atoms with Gasteiger partial charge in [0.25, 0.3) is 0 Å². The highest BCUT2D eigenvalue weighted by Crippen LogP contribution is 2.13. The predicted octanol–water partition coefficient (Wildman–Crippen LogP) is 9.27. The third kappa shape index (κ3) is 45.2. The number of unbranched alkanes of at least 4 members (excludes halogenated alkanes) is 19. The van der Waals surface area contributed by atoms with Gasteiger partial charge in [-0.25, -0.2) is 0 Å². The van der Waals surface area contributed by atoms with Crippen molar-refractivity contribution in [2.24, 2.45) is 0 Å². The van der Waals surface area contributed by atoms with Crippen molar-refractivity contribution in [2.75, 3.05) is 99.1 Å². The molecule has 0 aliphatic carbocycles. The van der Waals surface area contributed by atoms with E-state index in [4.69, 9.17) is 37.9 Å². The monoisotopic (exact) mass is 705 g/mol. The van der Waals surface area contributed by atoms with Gasteiger partial charge in [0, 0.05) is 13.0 Å². The van der Waals surface area contributed by atoms with Crippen molar-refractivity contribution in [3.05, 3.63) is 0 Å². The van der Waals surface area contributed by atoms with Gasteiger partial charge in [0.15, 0.2) is 0 Å². The fourth-order valence-corrected chi connectivity index (χ4v) is 5.33. The summed E-state index contributed by atoms with van der Waals surface area (Å²) in [5.74, 6) is -0.123. The molecule has 0 unspecified atom stereocenters. The second-order valence-corrected chi connectivity index (χ2v) is 13.0. The van der Waals surface area contributed by atoms with Crippen LogP contribution in [0.1, 0.15) is 155 Å². The summed E-state index contributed by atoms with van der Waals surface area (Å²) in [5.41, 5.74) is 0. The Morgan fingerprint density at radius 3 is 0.857 bits per heavy atom. The van der Waals surface area contributed by atoms with Crippen LogP contribution in [0, 0.1) is 0 Å². The number of hydrogen-bond acceptors (Lipinski definition) is 9. The van der Waals surface area contributed by atoms with Gasteiger partial charge in [-0.2, -0.15) is 0 Å². The molecule has 0 aliphatic heterocycles. The van der Waals surface area contributed by atoms with Gasteiger partial charge in [-0.1, -0.05) is 136 Å². The molecular weight excluding hydrogens is 624 g/mol. The number of rotatable bonds is 44. The molecule has 9 nitrogen and oxygen atoms in total. The Kier molecular flexibility index (Phi) is 44.5. The van der Waals surface area contributed by atoms with Gasteiger partial charge in [0.2, 0.25) is 0 Å². The molecule has 0 N–H and O–H groups in total. The Morgan fingerprint density at radius 1 is 0.286 bits per heavy atom. The summed E-state index contributed by atoms with van der Waals surface area (Å²) in [6.45, 7) is 12.5. The van der Waals surface area contributed by atoms with E-state index in [1.807, 2.05) is 0 Å². The summed E-state index contributed by atoms with van der Waals surface area (Å²) in [4.78, 5) is 11.9. The number of hydrogen-bond donors (Lipinski definition) is 0. The van der Waals surface area contributed by atoms with Crippen LogP contribution < -0.4 is 0 Å². The molecule has 0 radical (unpaired) electrons. The second kappa shape index (κ2) is 45.2. The molecule has 0 heterocycles. The van der Waals surface area contributed by atoms with Crippen LogP contribution in [0.25, 0.3) is 0 Å². The molecule has 0 bridgehead atoms. The molecule has 0 aromatic heterocycles. The average molecular weight is 705 g/mol. The Bertz CT molecular complexity index is 608. The highest BCUT2D eigenvalue weighted by atomic mass is 16.6. The first-order chi connectivity index (χ1) is 24.3. The van der Waals surface area contributed by atoms with Gasteiger partial charge in [-0.05, 0) is 12.8 Å². The summed E-state index contributed by atoms with van der Waals surface area (Å²) in [7, 11) is 0. The minimum atomic E-state index is -0.123.